The highest BCUT2D eigenvalue weighted by molar-refractivity contribution is 5.96. The van der Waals surface area contributed by atoms with Crippen molar-refractivity contribution in [3.63, 3.8) is 0 Å². The van der Waals surface area contributed by atoms with E-state index in [9.17, 15) is 14.4 Å². The molecule has 0 spiro atoms. The number of morpholine rings is 1. The second-order valence-corrected chi connectivity index (χ2v) is 8.95. The molecule has 0 unspecified atom stereocenters. The van der Waals surface area contributed by atoms with Gasteiger partial charge in [0, 0.05) is 37.3 Å². The number of hydrogen-bond donors (Lipinski definition) is 1. The lowest BCUT2D eigenvalue weighted by Gasteiger charge is -2.25. The minimum atomic E-state index is -0.486. The minimum Gasteiger partial charge on any atom is -0.491 e. The number of nitrogens with zero attached hydrogens (tertiary/aromatic N) is 5. The Morgan fingerprint density at radius 2 is 2.19 bits per heavy atom. The van der Waals surface area contributed by atoms with Crippen molar-refractivity contribution in [2.24, 2.45) is 4.99 Å². The van der Waals surface area contributed by atoms with Crippen LogP contribution >= 0.6 is 0 Å². The maximum Gasteiger partial charge on any atom is 0.329 e. The fourth-order valence-electron chi connectivity index (χ4n) is 5.01. The maximum absolute atomic E-state index is 12.8. The van der Waals surface area contributed by atoms with Gasteiger partial charge in [-0.05, 0) is 24.3 Å². The number of anilines is 1. The van der Waals surface area contributed by atoms with Gasteiger partial charge in [-0.3, -0.25) is 19.1 Å². The molecule has 2 fully saturated rings. The Hall–Kier alpha value is -4.48. The number of ether oxygens (including phenoxy) is 3. The molecule has 2 bridgehead atoms. The fraction of sp³-hybridized carbons (Fsp3) is 0.360. The number of amides is 2. The summed E-state index contributed by atoms with van der Waals surface area (Å²) < 4.78 is 18.6. The van der Waals surface area contributed by atoms with Crippen LogP contribution in [0.5, 0.6) is 11.5 Å². The van der Waals surface area contributed by atoms with Crippen LogP contribution in [0, 0.1) is 0 Å². The molecule has 12 heteroatoms. The lowest BCUT2D eigenvalue weighted by atomic mass is 10.2. The van der Waals surface area contributed by atoms with Crippen molar-refractivity contribution in [3.05, 3.63) is 47.8 Å². The fourth-order valence-corrected chi connectivity index (χ4v) is 5.01. The molecule has 5 heterocycles. The molecule has 3 aliphatic rings. The third-order valence-corrected chi connectivity index (χ3v) is 6.73. The van der Waals surface area contributed by atoms with Gasteiger partial charge in [0.15, 0.2) is 11.5 Å². The first-order chi connectivity index (χ1) is 18.0. The highest BCUT2D eigenvalue weighted by atomic mass is 16.6. The number of aromatic nitrogens is 3. The molecule has 3 aliphatic heterocycles. The second-order valence-electron chi connectivity index (χ2n) is 8.95. The topological polar surface area (TPSA) is 137 Å². The van der Waals surface area contributed by atoms with Crippen LogP contribution in [0.3, 0.4) is 0 Å². The van der Waals surface area contributed by atoms with Gasteiger partial charge >= 0.3 is 5.97 Å². The molecule has 2 aromatic heterocycles. The Balaban J connectivity index is 1.28. The molecular formula is C25H24N6O6. The van der Waals surface area contributed by atoms with Crippen molar-refractivity contribution in [1.29, 1.82) is 0 Å². The third-order valence-electron chi connectivity index (χ3n) is 6.73. The van der Waals surface area contributed by atoms with E-state index < -0.39 is 11.9 Å². The smallest absolute Gasteiger partial charge is 0.329 e. The summed E-state index contributed by atoms with van der Waals surface area (Å²) in [5.41, 5.74) is 1.07. The first-order valence-electron chi connectivity index (χ1n) is 12.0. The highest BCUT2D eigenvalue weighted by Gasteiger charge is 2.48. The Bertz CT molecular complexity index is 1490. The number of benzene rings is 1. The molecule has 37 heavy (non-hydrogen) atoms. The predicted molar refractivity (Wildman–Crippen MR) is 129 cm³/mol. The minimum absolute atomic E-state index is 0.0955. The van der Waals surface area contributed by atoms with E-state index >= 15 is 0 Å². The number of esters is 1. The van der Waals surface area contributed by atoms with E-state index in [4.69, 9.17) is 14.2 Å². The van der Waals surface area contributed by atoms with Gasteiger partial charge in [-0.2, -0.15) is 4.99 Å². The third kappa shape index (κ3) is 4.03. The summed E-state index contributed by atoms with van der Waals surface area (Å²) in [4.78, 5) is 51.7. The van der Waals surface area contributed by atoms with E-state index in [1.165, 1.54) is 13.3 Å². The summed E-state index contributed by atoms with van der Waals surface area (Å²) in [6, 6.07) is 6.45. The van der Waals surface area contributed by atoms with E-state index in [2.05, 4.69) is 20.3 Å². The van der Waals surface area contributed by atoms with E-state index in [0.29, 0.717) is 48.6 Å². The van der Waals surface area contributed by atoms with Crippen LogP contribution < -0.4 is 20.4 Å². The number of likely N-dealkylation sites (tertiary alicyclic amines) is 1. The largest absolute Gasteiger partial charge is 0.491 e. The summed E-state index contributed by atoms with van der Waals surface area (Å²) in [5, 5.41) is 4.12. The summed E-state index contributed by atoms with van der Waals surface area (Å²) in [5.74, 6) is 0.608. The average Bonchev–Trinajstić information content (AvgIpc) is 3.65. The van der Waals surface area contributed by atoms with Crippen LogP contribution in [-0.2, 0) is 20.9 Å². The zero-order valence-corrected chi connectivity index (χ0v) is 20.0. The quantitative estimate of drug-likeness (QED) is 0.486. The number of methoxy groups -OCH3 is 1. The van der Waals surface area contributed by atoms with Gasteiger partial charge in [-0.15, -0.1) is 0 Å². The Morgan fingerprint density at radius 1 is 1.30 bits per heavy atom. The Labute approximate surface area is 210 Å². The van der Waals surface area contributed by atoms with E-state index in [0.717, 1.165) is 11.2 Å². The molecule has 2 atom stereocenters. The Kier molecular flexibility index (Phi) is 5.70. The number of pyridine rings is 1. The van der Waals surface area contributed by atoms with Gasteiger partial charge in [-0.1, -0.05) is 0 Å². The maximum atomic E-state index is 12.8. The molecule has 0 saturated carbocycles. The summed E-state index contributed by atoms with van der Waals surface area (Å²) >= 11 is 0. The van der Waals surface area contributed by atoms with Gasteiger partial charge in [0.2, 0.25) is 11.5 Å². The number of carbonyl (C=O) groups is 3. The summed E-state index contributed by atoms with van der Waals surface area (Å²) in [7, 11) is 1.51. The molecule has 2 amide bonds. The van der Waals surface area contributed by atoms with Crippen LogP contribution in [0.1, 0.15) is 23.2 Å². The van der Waals surface area contributed by atoms with E-state index in [1.54, 1.807) is 29.3 Å². The van der Waals surface area contributed by atoms with Crippen LogP contribution in [0.25, 0.3) is 10.9 Å². The Morgan fingerprint density at radius 3 is 2.95 bits per heavy atom. The van der Waals surface area contributed by atoms with Crippen molar-refractivity contribution in [3.8, 4) is 11.5 Å². The van der Waals surface area contributed by atoms with Crippen LogP contribution in [0.15, 0.2) is 41.7 Å². The second kappa shape index (κ2) is 9.19. The molecule has 1 N–H and O–H groups in total. The van der Waals surface area contributed by atoms with Crippen LogP contribution in [0.4, 0.5) is 5.82 Å². The number of rotatable bonds is 6. The highest BCUT2D eigenvalue weighted by Crippen LogP contribution is 2.37. The molecule has 2 saturated heterocycles. The van der Waals surface area contributed by atoms with Crippen molar-refractivity contribution < 1.29 is 28.6 Å². The van der Waals surface area contributed by atoms with Crippen LogP contribution in [0.2, 0.25) is 0 Å². The van der Waals surface area contributed by atoms with E-state index in [-0.39, 0.29) is 36.6 Å². The molecule has 190 valence electrons. The molecule has 0 aliphatic carbocycles. The van der Waals surface area contributed by atoms with Crippen LogP contribution in [-0.4, -0.2) is 76.2 Å². The van der Waals surface area contributed by atoms with Gasteiger partial charge in [0.1, 0.15) is 23.5 Å². The summed E-state index contributed by atoms with van der Waals surface area (Å²) in [6.07, 6.45) is 3.51. The first kappa shape index (κ1) is 23.0. The van der Waals surface area contributed by atoms with Crippen molar-refractivity contribution in [1.82, 2.24) is 19.4 Å². The lowest BCUT2D eigenvalue weighted by Crippen LogP contribution is -2.44. The van der Waals surface area contributed by atoms with E-state index in [1.807, 2.05) is 10.6 Å². The normalized spacial score (nSPS) is 20.1. The number of nitrogens with one attached hydrogen (secondary N) is 1. The van der Waals surface area contributed by atoms with Gasteiger partial charge < -0.3 is 24.4 Å². The lowest BCUT2D eigenvalue weighted by molar-refractivity contribution is -0.157. The van der Waals surface area contributed by atoms with Crippen molar-refractivity contribution >= 4 is 34.5 Å². The molecular weight excluding hydrogens is 480 g/mol. The van der Waals surface area contributed by atoms with Gasteiger partial charge in [0.05, 0.1) is 32.2 Å². The number of carbonyl (C=O) groups excluding carboxylic acids is 3. The predicted octanol–water partition coefficient (Wildman–Crippen LogP) is 0.902. The summed E-state index contributed by atoms with van der Waals surface area (Å²) in [6.45, 7) is 1.79. The molecule has 3 aromatic rings. The zero-order chi connectivity index (χ0) is 25.5. The SMILES string of the molecule is COc1c(OCCC(=O)N2C[C@@H]3C[C@H]2C(=O)O3)ccc2c3n(c(=NC(=O)c4cccnc4)nc12)CCN3. The van der Waals surface area contributed by atoms with Gasteiger partial charge in [0.25, 0.3) is 5.91 Å². The van der Waals surface area contributed by atoms with Crippen molar-refractivity contribution in [2.75, 3.05) is 32.1 Å². The average molecular weight is 505 g/mol. The number of fused-ring (bicyclic) bond motifs is 5. The standard InChI is InChI=1S/C25H24N6O6/c1-35-21-18(36-10-6-19(32)31-13-15-11-17(31)24(34)37-15)5-4-16-20(21)28-25(30-9-8-27-22(16)30)29-23(33)14-3-2-7-26-12-14/h2-5,7,12,15,17,27H,6,8-11,13H2,1H3/t15-,17-/m0/s1. The monoisotopic (exact) mass is 504 g/mol. The zero-order valence-electron chi connectivity index (χ0n) is 20.0. The molecule has 6 rings (SSSR count). The molecule has 12 nitrogen and oxygen atoms in total. The first-order valence-corrected chi connectivity index (χ1v) is 12.0. The van der Waals surface area contributed by atoms with Crippen molar-refractivity contribution in [2.45, 2.75) is 31.5 Å². The van der Waals surface area contributed by atoms with Gasteiger partial charge in [-0.25, -0.2) is 9.78 Å². The number of hydrogen-bond acceptors (Lipinski definition) is 9. The molecule has 1 aromatic carbocycles. The molecule has 0 radical (unpaired) electrons.